The molecule has 0 amide bonds. The molecule has 0 unspecified atom stereocenters. The van der Waals surface area contributed by atoms with E-state index in [0.717, 1.165) is 5.75 Å². The Morgan fingerprint density at radius 3 is 2.83 bits per heavy atom. The van der Waals surface area contributed by atoms with E-state index in [-0.39, 0.29) is 0 Å². The summed E-state index contributed by atoms with van der Waals surface area (Å²) in [7, 11) is 0. The van der Waals surface area contributed by atoms with Gasteiger partial charge in [-0.3, -0.25) is 0 Å². The minimum Gasteiger partial charge on any atom is -0.228 e. The second-order valence-corrected chi connectivity index (χ2v) is 1.59. The minimum absolute atomic E-state index is 0.737. The number of nitrogens with zero attached hydrogens (tertiary/aromatic N) is 1. The molecule has 0 aromatic rings. The van der Waals surface area contributed by atoms with Crippen LogP contribution in [0.3, 0.4) is 0 Å². The van der Waals surface area contributed by atoms with Gasteiger partial charge in [0.05, 0.1) is 0 Å². The average molecular weight is 121 g/mol. The Hall–Kier alpha value is 0.370. The van der Waals surface area contributed by atoms with Crippen LogP contribution in [0, 0.1) is 0 Å². The summed E-state index contributed by atoms with van der Waals surface area (Å²) < 4.78 is 3.81. The Balaban J connectivity index is 2.73. The molecule has 0 N–H and O–H groups in total. The van der Waals surface area contributed by atoms with E-state index in [9.17, 15) is 0 Å². The van der Waals surface area contributed by atoms with E-state index in [4.69, 9.17) is 0 Å². The third-order valence-electron chi connectivity index (χ3n) is 0.262. The van der Waals surface area contributed by atoms with Crippen LogP contribution < -0.4 is 0 Å². The summed E-state index contributed by atoms with van der Waals surface area (Å²) in [5.41, 5.74) is 0. The monoisotopic (exact) mass is 121 g/mol. The van der Waals surface area contributed by atoms with Crippen molar-refractivity contribution in [2.75, 3.05) is 12.0 Å². The van der Waals surface area contributed by atoms with Crippen molar-refractivity contribution in [2.24, 2.45) is 4.40 Å². The summed E-state index contributed by atoms with van der Waals surface area (Å²) in [6, 6.07) is 0. The molecule has 0 saturated heterocycles. The lowest BCUT2D eigenvalue weighted by atomic mass is 10.9. The second-order valence-electron chi connectivity index (χ2n) is 0.653. The van der Waals surface area contributed by atoms with E-state index >= 15 is 0 Å². The van der Waals surface area contributed by atoms with Crippen molar-refractivity contribution in [2.45, 2.75) is 0 Å². The first kappa shape index (κ1) is 6.37. The van der Waals surface area contributed by atoms with Crippen molar-refractivity contribution in [1.29, 1.82) is 0 Å². The Morgan fingerprint density at radius 2 is 2.67 bits per heavy atom. The van der Waals surface area contributed by atoms with Crippen molar-refractivity contribution in [3.63, 3.8) is 0 Å². The van der Waals surface area contributed by atoms with Crippen LogP contribution in [-0.4, -0.2) is 18.2 Å². The van der Waals surface area contributed by atoms with Gasteiger partial charge in [0, 0.05) is 18.2 Å². The maximum absolute atomic E-state index is 3.89. The fourth-order valence-corrected chi connectivity index (χ4v) is 0.524. The van der Waals surface area contributed by atoms with Crippen molar-refractivity contribution in [3.05, 3.63) is 0 Å². The molecule has 0 aromatic heterocycles. The smallest absolute Gasteiger partial charge is 0.0265 e. The van der Waals surface area contributed by atoms with Gasteiger partial charge in [-0.1, -0.05) is 0 Å². The maximum Gasteiger partial charge on any atom is 0.0265 e. The van der Waals surface area contributed by atoms with Gasteiger partial charge in [0.2, 0.25) is 0 Å². The molecular weight excluding hydrogens is 114 g/mol. The quantitative estimate of drug-likeness (QED) is 0.329. The minimum atomic E-state index is 0.737. The summed E-state index contributed by atoms with van der Waals surface area (Å²) in [6.07, 6.45) is 3.67. The van der Waals surface area contributed by atoms with Crippen LogP contribution in [0.2, 0.25) is 0 Å². The summed E-state index contributed by atoms with van der Waals surface area (Å²) >= 11 is 5.34. The van der Waals surface area contributed by atoms with Gasteiger partial charge < -0.3 is 0 Å². The molecule has 0 aliphatic rings. The first-order valence-electron chi connectivity index (χ1n) is 1.57. The molecule has 0 bridgehead atoms. The molecule has 3 heteroatoms. The molecule has 0 spiro atoms. The molecule has 0 aliphatic carbocycles. The highest BCUT2D eigenvalue weighted by atomic mass is 32.2. The second kappa shape index (κ2) is 5.37. The molecule has 1 nitrogen and oxygen atoms in total. The third kappa shape index (κ3) is 4.37. The SMILES string of the molecule is CSN=CCS. The highest BCUT2D eigenvalue weighted by Crippen LogP contribution is 1.88. The Morgan fingerprint density at radius 1 is 2.00 bits per heavy atom. The zero-order valence-electron chi connectivity index (χ0n) is 3.59. The van der Waals surface area contributed by atoms with E-state index in [2.05, 4.69) is 17.0 Å². The number of rotatable bonds is 2. The third-order valence-corrected chi connectivity index (χ3v) is 0.785. The van der Waals surface area contributed by atoms with Gasteiger partial charge >= 0.3 is 0 Å². The van der Waals surface area contributed by atoms with E-state index in [1.807, 2.05) is 6.26 Å². The zero-order valence-corrected chi connectivity index (χ0v) is 5.30. The highest BCUT2D eigenvalue weighted by molar-refractivity contribution is 7.97. The fraction of sp³-hybridized carbons (Fsp3) is 0.667. The normalized spacial score (nSPS) is 10.3. The van der Waals surface area contributed by atoms with Crippen molar-refractivity contribution < 1.29 is 0 Å². The van der Waals surface area contributed by atoms with Crippen LogP contribution in [0.4, 0.5) is 0 Å². The first-order valence-corrected chi connectivity index (χ1v) is 3.39. The van der Waals surface area contributed by atoms with E-state index in [1.54, 1.807) is 6.21 Å². The molecule has 36 valence electrons. The molecule has 0 fully saturated rings. The molecule has 0 atom stereocenters. The van der Waals surface area contributed by atoms with Gasteiger partial charge in [-0.15, -0.1) is 0 Å². The van der Waals surface area contributed by atoms with Crippen molar-refractivity contribution >= 4 is 30.8 Å². The molecular formula is C3H7NS2. The predicted octanol–water partition coefficient (Wildman–Crippen LogP) is 1.26. The average Bonchev–Trinajstić information content (AvgIpc) is 1.61. The molecule has 0 aliphatic heterocycles. The Labute approximate surface area is 47.8 Å². The van der Waals surface area contributed by atoms with Crippen LogP contribution in [-0.2, 0) is 0 Å². The Kier molecular flexibility index (Phi) is 5.70. The lowest BCUT2D eigenvalue weighted by Gasteiger charge is -1.72. The van der Waals surface area contributed by atoms with Gasteiger partial charge in [0.1, 0.15) is 0 Å². The van der Waals surface area contributed by atoms with Crippen LogP contribution >= 0.6 is 24.6 Å². The standard InChI is InChI=1S/C3H7NS2/c1-6-4-2-3-5/h2,5H,3H2,1H3. The van der Waals surface area contributed by atoms with Crippen molar-refractivity contribution in [1.82, 2.24) is 0 Å². The van der Waals surface area contributed by atoms with E-state index in [0.29, 0.717) is 0 Å². The summed E-state index contributed by atoms with van der Waals surface area (Å²) in [5.74, 6) is 0.737. The maximum atomic E-state index is 3.89. The van der Waals surface area contributed by atoms with Gasteiger partial charge in [-0.25, -0.2) is 4.40 Å². The summed E-state index contributed by atoms with van der Waals surface area (Å²) in [5, 5.41) is 0. The van der Waals surface area contributed by atoms with Crippen LogP contribution in [0.25, 0.3) is 0 Å². The molecule has 0 radical (unpaired) electrons. The van der Waals surface area contributed by atoms with Gasteiger partial charge in [0.25, 0.3) is 0 Å². The van der Waals surface area contributed by atoms with Crippen LogP contribution in [0.15, 0.2) is 4.40 Å². The number of thiol groups is 1. The summed E-state index contributed by atoms with van der Waals surface area (Å²) in [4.78, 5) is 0. The molecule has 0 rings (SSSR count). The molecule has 6 heavy (non-hydrogen) atoms. The largest absolute Gasteiger partial charge is 0.228 e. The molecule has 0 aromatic carbocycles. The lowest BCUT2D eigenvalue weighted by Crippen LogP contribution is -1.66. The Bertz CT molecular complexity index is 38.1. The van der Waals surface area contributed by atoms with Gasteiger partial charge in [-0.05, 0) is 11.9 Å². The van der Waals surface area contributed by atoms with Crippen molar-refractivity contribution in [3.8, 4) is 0 Å². The van der Waals surface area contributed by atoms with Crippen LogP contribution in [0.5, 0.6) is 0 Å². The predicted molar refractivity (Wildman–Crippen MR) is 35.9 cm³/mol. The molecule has 0 saturated carbocycles. The van der Waals surface area contributed by atoms with E-state index in [1.165, 1.54) is 11.9 Å². The lowest BCUT2D eigenvalue weighted by molar-refractivity contribution is 1.90. The fourth-order valence-electron chi connectivity index (χ4n) is 0.108. The first-order chi connectivity index (χ1) is 2.91. The molecule has 0 heterocycles. The zero-order chi connectivity index (χ0) is 4.83. The van der Waals surface area contributed by atoms with Crippen LogP contribution in [0.1, 0.15) is 0 Å². The number of hydrogen-bond acceptors (Lipinski definition) is 3. The highest BCUT2D eigenvalue weighted by Gasteiger charge is 1.61. The van der Waals surface area contributed by atoms with Gasteiger partial charge in [0.15, 0.2) is 0 Å². The van der Waals surface area contributed by atoms with Gasteiger partial charge in [-0.2, -0.15) is 12.6 Å². The summed E-state index contributed by atoms with van der Waals surface area (Å²) in [6.45, 7) is 0. The topological polar surface area (TPSA) is 12.4 Å². The van der Waals surface area contributed by atoms with E-state index < -0.39 is 0 Å². The number of hydrogen-bond donors (Lipinski definition) is 1.